The van der Waals surface area contributed by atoms with E-state index in [-0.39, 0.29) is 10.9 Å². The van der Waals surface area contributed by atoms with Crippen molar-refractivity contribution in [3.8, 4) is 0 Å². The number of aromatic nitrogens is 3. The Labute approximate surface area is 141 Å². The fraction of sp³-hybridized carbons (Fsp3) is 0.250. The van der Waals surface area contributed by atoms with Crippen LogP contribution >= 0.6 is 27.7 Å². The molecule has 1 aromatic carbocycles. The van der Waals surface area contributed by atoms with Crippen molar-refractivity contribution in [1.29, 1.82) is 0 Å². The fourth-order valence-corrected chi connectivity index (χ4v) is 2.86. The molecule has 1 heterocycles. The SMILES string of the molecule is Cc1ccc(NC(=O)CSc2nnc(C(F)(F)F)n2N)c(Br)c1. The zero-order valence-electron chi connectivity index (χ0n) is 11.7. The molecule has 0 aliphatic carbocycles. The van der Waals surface area contributed by atoms with Gasteiger partial charge in [0.25, 0.3) is 5.82 Å². The second-order valence-electron chi connectivity index (χ2n) is 4.49. The van der Waals surface area contributed by atoms with Crippen LogP contribution in [0.2, 0.25) is 0 Å². The number of rotatable bonds is 4. The average molecular weight is 410 g/mol. The van der Waals surface area contributed by atoms with Crippen molar-refractivity contribution in [1.82, 2.24) is 14.9 Å². The number of thioether (sulfide) groups is 1. The summed E-state index contributed by atoms with van der Waals surface area (Å²) in [6, 6.07) is 5.36. The van der Waals surface area contributed by atoms with Crippen molar-refractivity contribution < 1.29 is 18.0 Å². The van der Waals surface area contributed by atoms with E-state index in [2.05, 4.69) is 31.4 Å². The molecule has 2 rings (SSSR count). The van der Waals surface area contributed by atoms with E-state index in [4.69, 9.17) is 5.84 Å². The van der Waals surface area contributed by atoms with Crippen molar-refractivity contribution in [2.45, 2.75) is 18.3 Å². The van der Waals surface area contributed by atoms with Crippen LogP contribution in [0.15, 0.2) is 27.8 Å². The summed E-state index contributed by atoms with van der Waals surface area (Å²) in [7, 11) is 0. The van der Waals surface area contributed by atoms with E-state index in [1.54, 1.807) is 6.07 Å². The average Bonchev–Trinajstić information content (AvgIpc) is 2.81. The number of benzene rings is 1. The van der Waals surface area contributed by atoms with Gasteiger partial charge in [0.15, 0.2) is 0 Å². The van der Waals surface area contributed by atoms with Crippen molar-refractivity contribution in [3.05, 3.63) is 34.1 Å². The van der Waals surface area contributed by atoms with Crippen LogP contribution in [0.1, 0.15) is 11.4 Å². The largest absolute Gasteiger partial charge is 0.453 e. The summed E-state index contributed by atoms with van der Waals surface area (Å²) in [6.45, 7) is 1.90. The highest BCUT2D eigenvalue weighted by molar-refractivity contribution is 9.10. The van der Waals surface area contributed by atoms with Crippen LogP contribution in [0.25, 0.3) is 0 Å². The summed E-state index contributed by atoms with van der Waals surface area (Å²) >= 11 is 4.07. The number of nitrogens with one attached hydrogen (secondary N) is 1. The summed E-state index contributed by atoms with van der Waals surface area (Å²) in [5.41, 5.74) is 1.58. The van der Waals surface area contributed by atoms with Gasteiger partial charge in [0, 0.05) is 4.47 Å². The summed E-state index contributed by atoms with van der Waals surface area (Å²) in [4.78, 5) is 11.9. The van der Waals surface area contributed by atoms with E-state index >= 15 is 0 Å². The Morgan fingerprint density at radius 1 is 1.43 bits per heavy atom. The number of aryl methyl sites for hydroxylation is 1. The standard InChI is InChI=1S/C12H11BrF3N5OS/c1-6-2-3-8(7(13)4-6)18-9(22)5-23-11-20-19-10(21(11)17)12(14,15)16/h2-4H,5,17H2,1H3,(H,18,22). The number of carbonyl (C=O) groups excluding carboxylic acids is 1. The number of amides is 1. The van der Waals surface area contributed by atoms with Gasteiger partial charge in [0.2, 0.25) is 11.1 Å². The molecule has 3 N–H and O–H groups in total. The topological polar surface area (TPSA) is 85.8 Å². The van der Waals surface area contributed by atoms with Gasteiger partial charge in [-0.15, -0.1) is 10.2 Å². The number of nitrogen functional groups attached to an aromatic ring is 1. The first-order valence-corrected chi connectivity index (χ1v) is 7.93. The third-order valence-electron chi connectivity index (χ3n) is 2.65. The van der Waals surface area contributed by atoms with Crippen LogP contribution in [-0.4, -0.2) is 26.5 Å². The molecule has 23 heavy (non-hydrogen) atoms. The Hall–Kier alpha value is -1.75. The Bertz CT molecular complexity index is 734. The van der Waals surface area contributed by atoms with E-state index in [0.29, 0.717) is 14.8 Å². The lowest BCUT2D eigenvalue weighted by molar-refractivity contribution is -0.146. The number of hydrogen-bond donors (Lipinski definition) is 2. The van der Waals surface area contributed by atoms with Crippen LogP contribution in [0.5, 0.6) is 0 Å². The molecule has 0 unspecified atom stereocenters. The molecule has 1 aromatic heterocycles. The molecule has 1 amide bonds. The fourth-order valence-electron chi connectivity index (χ4n) is 1.61. The highest BCUT2D eigenvalue weighted by Crippen LogP contribution is 2.29. The smallest absolute Gasteiger partial charge is 0.335 e. The molecule has 2 aromatic rings. The monoisotopic (exact) mass is 409 g/mol. The number of nitrogens with two attached hydrogens (primary N) is 1. The summed E-state index contributed by atoms with van der Waals surface area (Å²) in [5, 5.41) is 8.75. The van der Waals surface area contributed by atoms with Crippen molar-refractivity contribution in [3.63, 3.8) is 0 Å². The van der Waals surface area contributed by atoms with E-state index in [1.807, 2.05) is 19.1 Å². The number of anilines is 1. The second-order valence-corrected chi connectivity index (χ2v) is 6.29. The second kappa shape index (κ2) is 6.79. The lowest BCUT2D eigenvalue weighted by atomic mass is 10.2. The van der Waals surface area contributed by atoms with E-state index in [0.717, 1.165) is 17.3 Å². The molecule has 0 saturated carbocycles. The Kier molecular flexibility index (Phi) is 5.19. The third kappa shape index (κ3) is 4.38. The first-order valence-electron chi connectivity index (χ1n) is 6.15. The lowest BCUT2D eigenvalue weighted by Crippen LogP contribution is -2.22. The molecule has 6 nitrogen and oxygen atoms in total. The molecule has 0 saturated heterocycles. The van der Waals surface area contributed by atoms with Gasteiger partial charge in [-0.1, -0.05) is 17.8 Å². The van der Waals surface area contributed by atoms with Gasteiger partial charge >= 0.3 is 6.18 Å². The van der Waals surface area contributed by atoms with E-state index in [9.17, 15) is 18.0 Å². The highest BCUT2D eigenvalue weighted by Gasteiger charge is 2.38. The van der Waals surface area contributed by atoms with Gasteiger partial charge in [-0.3, -0.25) is 4.79 Å². The minimum Gasteiger partial charge on any atom is -0.335 e. The predicted molar refractivity (Wildman–Crippen MR) is 83.4 cm³/mol. The lowest BCUT2D eigenvalue weighted by Gasteiger charge is -2.08. The van der Waals surface area contributed by atoms with Crippen molar-refractivity contribution in [2.24, 2.45) is 0 Å². The maximum Gasteiger partial charge on any atom is 0.453 e. The zero-order valence-corrected chi connectivity index (χ0v) is 14.1. The van der Waals surface area contributed by atoms with Gasteiger partial charge in [0.05, 0.1) is 11.4 Å². The van der Waals surface area contributed by atoms with Gasteiger partial charge in [-0.25, -0.2) is 4.68 Å². The summed E-state index contributed by atoms with van der Waals surface area (Å²) in [6.07, 6.45) is -4.70. The Morgan fingerprint density at radius 3 is 2.70 bits per heavy atom. The maximum absolute atomic E-state index is 12.5. The molecular formula is C12H11BrF3N5OS. The summed E-state index contributed by atoms with van der Waals surface area (Å²) in [5.74, 6) is 3.40. The van der Waals surface area contributed by atoms with Crippen LogP contribution in [0, 0.1) is 6.92 Å². The van der Waals surface area contributed by atoms with E-state index < -0.39 is 17.9 Å². The third-order valence-corrected chi connectivity index (χ3v) is 4.25. The van der Waals surface area contributed by atoms with Crippen molar-refractivity contribution in [2.75, 3.05) is 16.9 Å². The van der Waals surface area contributed by atoms with Gasteiger partial charge in [0.1, 0.15) is 0 Å². The van der Waals surface area contributed by atoms with Crippen LogP contribution in [0.3, 0.4) is 0 Å². The van der Waals surface area contributed by atoms with Crippen LogP contribution in [-0.2, 0) is 11.0 Å². The Balaban J connectivity index is 1.98. The van der Waals surface area contributed by atoms with Crippen molar-refractivity contribution >= 4 is 39.3 Å². The molecule has 0 bridgehead atoms. The normalized spacial score (nSPS) is 11.5. The zero-order chi connectivity index (χ0) is 17.2. The van der Waals surface area contributed by atoms with Gasteiger partial charge in [-0.05, 0) is 40.5 Å². The number of hydrogen-bond acceptors (Lipinski definition) is 5. The molecule has 124 valence electrons. The number of halogens is 4. The molecule has 0 fully saturated rings. The predicted octanol–water partition coefficient (Wildman–Crippen LogP) is 2.81. The number of carbonyl (C=O) groups is 1. The molecule has 0 radical (unpaired) electrons. The number of alkyl halides is 3. The molecule has 0 aliphatic rings. The van der Waals surface area contributed by atoms with E-state index in [1.165, 1.54) is 0 Å². The van der Waals surface area contributed by atoms with Gasteiger partial charge < -0.3 is 11.2 Å². The first kappa shape index (κ1) is 17.6. The van der Waals surface area contributed by atoms with Crippen LogP contribution in [0.4, 0.5) is 18.9 Å². The summed E-state index contributed by atoms with van der Waals surface area (Å²) < 4.78 is 38.6. The minimum atomic E-state index is -4.70. The number of nitrogens with zero attached hydrogens (tertiary/aromatic N) is 3. The first-order chi connectivity index (χ1) is 10.7. The van der Waals surface area contributed by atoms with Gasteiger partial charge in [-0.2, -0.15) is 13.2 Å². The minimum absolute atomic E-state index is 0.159. The maximum atomic E-state index is 12.5. The molecule has 0 atom stereocenters. The highest BCUT2D eigenvalue weighted by atomic mass is 79.9. The Morgan fingerprint density at radius 2 is 2.13 bits per heavy atom. The molecular weight excluding hydrogens is 399 g/mol. The molecule has 0 spiro atoms. The quantitative estimate of drug-likeness (QED) is 0.598. The molecule has 11 heteroatoms. The van der Waals surface area contributed by atoms with Crippen LogP contribution < -0.4 is 11.2 Å². The molecule has 0 aliphatic heterocycles.